The van der Waals surface area contributed by atoms with Crippen molar-refractivity contribution in [2.75, 3.05) is 6.54 Å². The Morgan fingerprint density at radius 2 is 1.52 bits per heavy atom. The summed E-state index contributed by atoms with van der Waals surface area (Å²) in [6.07, 6.45) is 5.20. The second-order valence-electron chi connectivity index (χ2n) is 7.02. The molecule has 1 N–H and O–H groups in total. The molecule has 1 heteroatoms. The summed E-state index contributed by atoms with van der Waals surface area (Å²) < 4.78 is 0. The number of hydrogen-bond acceptors (Lipinski definition) is 1. The van der Waals surface area contributed by atoms with Crippen LogP contribution in [0, 0.1) is 17.8 Å². The van der Waals surface area contributed by atoms with Crippen molar-refractivity contribution in [2.45, 2.75) is 66.3 Å². The molecule has 0 aliphatic heterocycles. The zero-order chi connectivity index (χ0) is 15.7. The Kier molecular flexibility index (Phi) is 8.68. The molecule has 0 amide bonds. The lowest BCUT2D eigenvalue weighted by Gasteiger charge is -2.28. The Morgan fingerprint density at radius 3 is 2.05 bits per heavy atom. The van der Waals surface area contributed by atoms with Gasteiger partial charge >= 0.3 is 0 Å². The summed E-state index contributed by atoms with van der Waals surface area (Å²) in [7, 11) is 0. The Bertz CT molecular complexity index is 347. The Hall–Kier alpha value is -0.820. The van der Waals surface area contributed by atoms with Gasteiger partial charge in [-0.1, -0.05) is 84.2 Å². The number of rotatable bonds is 10. The van der Waals surface area contributed by atoms with Gasteiger partial charge in [0, 0.05) is 6.04 Å². The van der Waals surface area contributed by atoms with E-state index in [9.17, 15) is 0 Å². The Morgan fingerprint density at radius 1 is 0.905 bits per heavy atom. The van der Waals surface area contributed by atoms with Crippen LogP contribution in [0.4, 0.5) is 0 Å². The van der Waals surface area contributed by atoms with Crippen LogP contribution in [0.25, 0.3) is 0 Å². The molecule has 1 atom stereocenters. The largest absolute Gasteiger partial charge is 0.310 e. The summed E-state index contributed by atoms with van der Waals surface area (Å²) in [5.74, 6) is 2.23. The van der Waals surface area contributed by atoms with Crippen LogP contribution in [0.5, 0.6) is 0 Å². The Labute approximate surface area is 132 Å². The third kappa shape index (κ3) is 6.65. The standard InChI is InChI=1S/C20H35N/c1-6-7-9-14-20(18-12-10-8-11-13-18)21-15-19(16(2)3)17(4)5/h8,10-13,16-17,19-21H,6-7,9,14-15H2,1-5H3. The first-order valence-electron chi connectivity index (χ1n) is 8.84. The fourth-order valence-electron chi connectivity index (χ4n) is 3.19. The molecule has 0 radical (unpaired) electrons. The molecule has 1 nitrogen and oxygen atoms in total. The van der Waals surface area contributed by atoms with E-state index in [1.54, 1.807) is 0 Å². The van der Waals surface area contributed by atoms with Crippen molar-refractivity contribution in [1.82, 2.24) is 5.32 Å². The smallest absolute Gasteiger partial charge is 0.0320 e. The highest BCUT2D eigenvalue weighted by atomic mass is 14.9. The molecular formula is C20H35N. The molecular weight excluding hydrogens is 254 g/mol. The monoisotopic (exact) mass is 289 g/mol. The molecule has 0 aliphatic carbocycles. The minimum absolute atomic E-state index is 0.512. The van der Waals surface area contributed by atoms with Crippen molar-refractivity contribution >= 4 is 0 Å². The molecule has 120 valence electrons. The van der Waals surface area contributed by atoms with E-state index in [0.29, 0.717) is 6.04 Å². The van der Waals surface area contributed by atoms with Gasteiger partial charge in [-0.05, 0) is 36.3 Å². The van der Waals surface area contributed by atoms with Gasteiger partial charge in [0.15, 0.2) is 0 Å². The lowest BCUT2D eigenvalue weighted by atomic mass is 9.85. The molecule has 0 saturated carbocycles. The van der Waals surface area contributed by atoms with Crippen LogP contribution < -0.4 is 5.32 Å². The second kappa shape index (κ2) is 10.00. The van der Waals surface area contributed by atoms with Crippen molar-refractivity contribution in [3.8, 4) is 0 Å². The van der Waals surface area contributed by atoms with Crippen LogP contribution in [0.3, 0.4) is 0 Å². The lowest BCUT2D eigenvalue weighted by molar-refractivity contribution is 0.262. The topological polar surface area (TPSA) is 12.0 Å². The van der Waals surface area contributed by atoms with E-state index in [2.05, 4.69) is 70.3 Å². The molecule has 0 spiro atoms. The summed E-state index contributed by atoms with van der Waals surface area (Å²) >= 11 is 0. The van der Waals surface area contributed by atoms with Gasteiger partial charge in [0.1, 0.15) is 0 Å². The number of benzene rings is 1. The third-order valence-electron chi connectivity index (χ3n) is 4.61. The summed E-state index contributed by atoms with van der Waals surface area (Å²) in [5.41, 5.74) is 1.44. The maximum atomic E-state index is 3.86. The Balaban J connectivity index is 2.64. The predicted molar refractivity (Wildman–Crippen MR) is 94.5 cm³/mol. The minimum Gasteiger partial charge on any atom is -0.310 e. The molecule has 0 fully saturated rings. The molecule has 1 aromatic rings. The molecule has 0 bridgehead atoms. The van der Waals surface area contributed by atoms with Crippen LogP contribution in [0.15, 0.2) is 30.3 Å². The van der Waals surface area contributed by atoms with Crippen LogP contribution in [0.1, 0.15) is 71.9 Å². The lowest BCUT2D eigenvalue weighted by Crippen LogP contribution is -2.32. The van der Waals surface area contributed by atoms with E-state index in [1.807, 2.05) is 0 Å². The van der Waals surface area contributed by atoms with Crippen LogP contribution >= 0.6 is 0 Å². The van der Waals surface area contributed by atoms with Gasteiger partial charge in [-0.3, -0.25) is 0 Å². The normalized spacial score (nSPS) is 13.3. The fourth-order valence-corrected chi connectivity index (χ4v) is 3.19. The fraction of sp³-hybridized carbons (Fsp3) is 0.700. The van der Waals surface area contributed by atoms with Crippen molar-refractivity contribution in [3.05, 3.63) is 35.9 Å². The second-order valence-corrected chi connectivity index (χ2v) is 7.02. The number of hydrogen-bond donors (Lipinski definition) is 1. The average molecular weight is 290 g/mol. The molecule has 1 aromatic carbocycles. The zero-order valence-corrected chi connectivity index (χ0v) is 14.7. The van der Waals surface area contributed by atoms with E-state index in [4.69, 9.17) is 0 Å². The summed E-state index contributed by atoms with van der Waals surface area (Å²) in [6.45, 7) is 12.8. The van der Waals surface area contributed by atoms with Gasteiger partial charge in [-0.2, -0.15) is 0 Å². The third-order valence-corrected chi connectivity index (χ3v) is 4.61. The van der Waals surface area contributed by atoms with E-state index in [0.717, 1.165) is 24.3 Å². The van der Waals surface area contributed by atoms with Crippen molar-refractivity contribution in [3.63, 3.8) is 0 Å². The summed E-state index contributed by atoms with van der Waals surface area (Å²) in [5, 5.41) is 3.86. The van der Waals surface area contributed by atoms with Crippen molar-refractivity contribution in [2.24, 2.45) is 17.8 Å². The average Bonchev–Trinajstić information content (AvgIpc) is 2.46. The summed E-state index contributed by atoms with van der Waals surface area (Å²) in [4.78, 5) is 0. The SMILES string of the molecule is CCCCCC(NCC(C(C)C)C(C)C)c1ccccc1. The molecule has 0 heterocycles. The van der Waals surface area contributed by atoms with E-state index in [1.165, 1.54) is 31.2 Å². The van der Waals surface area contributed by atoms with Crippen molar-refractivity contribution < 1.29 is 0 Å². The molecule has 21 heavy (non-hydrogen) atoms. The zero-order valence-electron chi connectivity index (χ0n) is 14.7. The molecule has 1 rings (SSSR count). The maximum Gasteiger partial charge on any atom is 0.0320 e. The molecule has 1 unspecified atom stereocenters. The molecule has 0 aromatic heterocycles. The number of unbranched alkanes of at least 4 members (excludes halogenated alkanes) is 2. The van der Waals surface area contributed by atoms with Crippen molar-refractivity contribution in [1.29, 1.82) is 0 Å². The van der Waals surface area contributed by atoms with Gasteiger partial charge in [-0.25, -0.2) is 0 Å². The predicted octanol–water partition coefficient (Wildman–Crippen LogP) is 5.83. The van der Waals surface area contributed by atoms with E-state index < -0.39 is 0 Å². The quantitative estimate of drug-likeness (QED) is 0.535. The first-order chi connectivity index (χ1) is 10.1. The first kappa shape index (κ1) is 18.2. The van der Waals surface area contributed by atoms with E-state index >= 15 is 0 Å². The highest BCUT2D eigenvalue weighted by Gasteiger charge is 2.19. The highest BCUT2D eigenvalue weighted by Crippen LogP contribution is 2.24. The maximum absolute atomic E-state index is 3.86. The molecule has 0 saturated heterocycles. The molecule has 0 aliphatic rings. The van der Waals surface area contributed by atoms with Crippen LogP contribution in [-0.2, 0) is 0 Å². The van der Waals surface area contributed by atoms with Crippen LogP contribution in [-0.4, -0.2) is 6.54 Å². The van der Waals surface area contributed by atoms with Gasteiger partial charge in [-0.15, -0.1) is 0 Å². The highest BCUT2D eigenvalue weighted by molar-refractivity contribution is 5.18. The van der Waals surface area contributed by atoms with Gasteiger partial charge in [0.2, 0.25) is 0 Å². The summed E-state index contributed by atoms with van der Waals surface area (Å²) in [6, 6.07) is 11.5. The first-order valence-corrected chi connectivity index (χ1v) is 8.84. The van der Waals surface area contributed by atoms with Gasteiger partial charge in [0.25, 0.3) is 0 Å². The van der Waals surface area contributed by atoms with E-state index in [-0.39, 0.29) is 0 Å². The minimum atomic E-state index is 0.512. The van der Waals surface area contributed by atoms with Gasteiger partial charge < -0.3 is 5.32 Å². The number of nitrogens with one attached hydrogen (secondary N) is 1. The van der Waals surface area contributed by atoms with Gasteiger partial charge in [0.05, 0.1) is 0 Å². The van der Waals surface area contributed by atoms with Crippen LogP contribution in [0.2, 0.25) is 0 Å².